The summed E-state index contributed by atoms with van der Waals surface area (Å²) in [5.41, 5.74) is -0.681. The van der Waals surface area contributed by atoms with E-state index in [2.05, 4.69) is 15.3 Å². The number of methoxy groups -OCH3 is 1. The van der Waals surface area contributed by atoms with Gasteiger partial charge in [0.15, 0.2) is 23.2 Å². The maximum atomic E-state index is 14.1. The Morgan fingerprint density at radius 3 is 2.79 bits per heavy atom. The van der Waals surface area contributed by atoms with E-state index in [1.54, 1.807) is 6.92 Å². The van der Waals surface area contributed by atoms with E-state index in [0.29, 0.717) is 17.3 Å². The fraction of sp³-hybridized carbons (Fsp3) is 0.375. The van der Waals surface area contributed by atoms with Crippen molar-refractivity contribution in [2.75, 3.05) is 19.0 Å². The quantitative estimate of drug-likeness (QED) is 0.544. The second kappa shape index (κ2) is 9.54. The van der Waals surface area contributed by atoms with Crippen LogP contribution in [0.1, 0.15) is 24.4 Å². The molecule has 180 valence electrons. The first kappa shape index (κ1) is 23.9. The summed E-state index contributed by atoms with van der Waals surface area (Å²) in [6, 6.07) is 3.46. The van der Waals surface area contributed by atoms with Crippen LogP contribution in [0.4, 0.5) is 23.2 Å². The van der Waals surface area contributed by atoms with E-state index in [9.17, 15) is 22.4 Å². The number of aromatic nitrogens is 2. The van der Waals surface area contributed by atoms with E-state index < -0.39 is 46.4 Å². The fourth-order valence-corrected chi connectivity index (χ4v) is 4.29. The number of ether oxygens (including phenoxy) is 2. The van der Waals surface area contributed by atoms with Crippen LogP contribution in [0, 0.1) is 35.8 Å². The molecule has 2 aliphatic carbocycles. The zero-order chi connectivity index (χ0) is 24.5. The highest BCUT2D eigenvalue weighted by Crippen LogP contribution is 2.61. The molecule has 10 heteroatoms. The van der Waals surface area contributed by atoms with Crippen molar-refractivity contribution in [2.45, 2.75) is 26.4 Å². The monoisotopic (exact) mass is 477 g/mol. The lowest BCUT2D eigenvalue weighted by atomic mass is 9.82. The minimum absolute atomic E-state index is 0.0240. The average molecular weight is 477 g/mol. The fourth-order valence-electron chi connectivity index (χ4n) is 4.29. The number of hydrogen-bond acceptors (Lipinski definition) is 5. The van der Waals surface area contributed by atoms with Crippen LogP contribution < -0.4 is 10.1 Å². The van der Waals surface area contributed by atoms with Crippen molar-refractivity contribution >= 4 is 11.6 Å². The highest BCUT2D eigenvalue weighted by Gasteiger charge is 2.63. The standard InChI is InChI=1S/C24H23F4N3O3/c1-13-29-10-21(20(30-13)11-33-2)34-12-24(14-6-7-16(25)18(27)8-14)9-15(24)23(32)31-19-5-3-4-17(26)22(19)28/h3-7,10,14-15H,8-9,11-12H2,1-2H3,(H,31,32)/t14?,15-,24+/m0/s1. The number of halogens is 4. The lowest BCUT2D eigenvalue weighted by molar-refractivity contribution is -0.118. The Kier molecular flexibility index (Phi) is 6.70. The first-order valence-corrected chi connectivity index (χ1v) is 10.7. The van der Waals surface area contributed by atoms with E-state index in [1.165, 1.54) is 31.5 Å². The minimum Gasteiger partial charge on any atom is -0.489 e. The summed E-state index contributed by atoms with van der Waals surface area (Å²) < 4.78 is 66.5. The van der Waals surface area contributed by atoms with E-state index in [0.717, 1.165) is 12.1 Å². The molecule has 1 unspecified atom stereocenters. The second-order valence-corrected chi connectivity index (χ2v) is 8.45. The van der Waals surface area contributed by atoms with Gasteiger partial charge in [-0.2, -0.15) is 0 Å². The zero-order valence-electron chi connectivity index (χ0n) is 18.6. The molecule has 6 nitrogen and oxygen atoms in total. The Morgan fingerprint density at radius 1 is 1.26 bits per heavy atom. The van der Waals surface area contributed by atoms with Crippen molar-refractivity contribution < 1.29 is 31.8 Å². The van der Waals surface area contributed by atoms with Crippen molar-refractivity contribution in [2.24, 2.45) is 17.3 Å². The molecule has 1 N–H and O–H groups in total. The summed E-state index contributed by atoms with van der Waals surface area (Å²) in [4.78, 5) is 21.4. The zero-order valence-corrected chi connectivity index (χ0v) is 18.6. The maximum absolute atomic E-state index is 14.1. The van der Waals surface area contributed by atoms with Crippen LogP contribution in [0.2, 0.25) is 0 Å². The van der Waals surface area contributed by atoms with Crippen LogP contribution in [0.5, 0.6) is 5.75 Å². The van der Waals surface area contributed by atoms with E-state index >= 15 is 0 Å². The van der Waals surface area contributed by atoms with Crippen molar-refractivity contribution in [1.82, 2.24) is 9.97 Å². The molecule has 0 bridgehead atoms. The third-order valence-electron chi connectivity index (χ3n) is 6.24. The molecule has 1 amide bonds. The Balaban J connectivity index is 1.57. The molecule has 2 aliphatic rings. The SMILES string of the molecule is COCc1nc(C)ncc1OC[C@@]1(C2C=CC(F)=C(F)C2)C[C@H]1C(=O)Nc1cccc(F)c1F. The van der Waals surface area contributed by atoms with Crippen molar-refractivity contribution in [3.8, 4) is 5.75 Å². The summed E-state index contributed by atoms with van der Waals surface area (Å²) >= 11 is 0. The van der Waals surface area contributed by atoms with Gasteiger partial charge >= 0.3 is 0 Å². The number of nitrogens with one attached hydrogen (secondary N) is 1. The molecule has 3 atom stereocenters. The van der Waals surface area contributed by atoms with Crippen molar-refractivity contribution in [3.63, 3.8) is 0 Å². The highest BCUT2D eigenvalue weighted by molar-refractivity contribution is 5.95. The number of nitrogens with zero attached hydrogens (tertiary/aromatic N) is 2. The number of rotatable bonds is 8. The summed E-state index contributed by atoms with van der Waals surface area (Å²) in [6.45, 7) is 1.86. The number of carbonyl (C=O) groups excluding carboxylic acids is 1. The van der Waals surface area contributed by atoms with Gasteiger partial charge in [-0.3, -0.25) is 4.79 Å². The molecule has 1 fully saturated rings. The second-order valence-electron chi connectivity index (χ2n) is 8.45. The molecule has 2 aromatic rings. The molecular formula is C24H23F4N3O3. The summed E-state index contributed by atoms with van der Waals surface area (Å²) in [5.74, 6) is -5.07. The van der Waals surface area contributed by atoms with Gasteiger partial charge in [0.05, 0.1) is 25.1 Å². The number of benzene rings is 1. The van der Waals surface area contributed by atoms with Crippen LogP contribution in [0.15, 0.2) is 48.2 Å². The van der Waals surface area contributed by atoms with Gasteiger partial charge in [-0.05, 0) is 37.5 Å². The van der Waals surface area contributed by atoms with Gasteiger partial charge in [-0.15, -0.1) is 0 Å². The predicted octanol–water partition coefficient (Wildman–Crippen LogP) is 4.96. The average Bonchev–Trinajstić information content (AvgIpc) is 3.54. The molecule has 0 aliphatic heterocycles. The van der Waals surface area contributed by atoms with E-state index in [1.807, 2.05) is 0 Å². The number of carbonyl (C=O) groups is 1. The number of aryl methyl sites for hydroxylation is 1. The maximum Gasteiger partial charge on any atom is 0.228 e. The van der Waals surface area contributed by atoms with Crippen LogP contribution in [0.25, 0.3) is 0 Å². The van der Waals surface area contributed by atoms with Gasteiger partial charge < -0.3 is 14.8 Å². The summed E-state index contributed by atoms with van der Waals surface area (Å²) in [7, 11) is 1.51. The number of hydrogen-bond donors (Lipinski definition) is 1. The predicted molar refractivity (Wildman–Crippen MR) is 115 cm³/mol. The molecule has 0 radical (unpaired) electrons. The largest absolute Gasteiger partial charge is 0.489 e. The molecule has 1 saturated carbocycles. The Hall–Kier alpha value is -3.27. The third-order valence-corrected chi connectivity index (χ3v) is 6.24. The minimum atomic E-state index is -1.17. The normalized spacial score (nSPS) is 23.7. The van der Waals surface area contributed by atoms with Gasteiger partial charge in [0.2, 0.25) is 5.91 Å². The van der Waals surface area contributed by atoms with Gasteiger partial charge in [-0.25, -0.2) is 27.5 Å². The lowest BCUT2D eigenvalue weighted by Gasteiger charge is -2.27. The summed E-state index contributed by atoms with van der Waals surface area (Å²) in [5, 5.41) is 2.41. The Labute approximate surface area is 193 Å². The molecule has 4 rings (SSSR count). The first-order chi connectivity index (χ1) is 16.2. The molecule has 1 aromatic heterocycles. The molecule has 0 saturated heterocycles. The van der Waals surface area contributed by atoms with E-state index in [4.69, 9.17) is 9.47 Å². The van der Waals surface area contributed by atoms with Crippen LogP contribution in [0.3, 0.4) is 0 Å². The van der Waals surface area contributed by atoms with Gasteiger partial charge in [0.1, 0.15) is 17.3 Å². The summed E-state index contributed by atoms with van der Waals surface area (Å²) in [6.07, 6.45) is 4.08. The van der Waals surface area contributed by atoms with Crippen molar-refractivity contribution in [3.05, 3.63) is 71.4 Å². The Bertz CT molecular complexity index is 1170. The molecule has 1 heterocycles. The molecule has 0 spiro atoms. The molecule has 1 aromatic carbocycles. The van der Waals surface area contributed by atoms with E-state index in [-0.39, 0.29) is 31.7 Å². The van der Waals surface area contributed by atoms with Crippen LogP contribution in [-0.4, -0.2) is 29.6 Å². The first-order valence-electron chi connectivity index (χ1n) is 10.7. The smallest absolute Gasteiger partial charge is 0.228 e. The van der Waals surface area contributed by atoms with Crippen LogP contribution in [-0.2, 0) is 16.1 Å². The highest BCUT2D eigenvalue weighted by atomic mass is 19.2. The Morgan fingerprint density at radius 2 is 2.06 bits per heavy atom. The van der Waals surface area contributed by atoms with Gasteiger partial charge in [0, 0.05) is 24.9 Å². The number of amides is 1. The molecule has 34 heavy (non-hydrogen) atoms. The van der Waals surface area contributed by atoms with Gasteiger partial charge in [-0.1, -0.05) is 12.1 Å². The topological polar surface area (TPSA) is 73.3 Å². The number of anilines is 1. The van der Waals surface area contributed by atoms with Gasteiger partial charge in [0.25, 0.3) is 0 Å². The third kappa shape index (κ3) is 4.68. The number of allylic oxidation sites excluding steroid dienone is 4. The van der Waals surface area contributed by atoms with Crippen LogP contribution >= 0.6 is 0 Å². The lowest BCUT2D eigenvalue weighted by Crippen LogP contribution is -2.30. The van der Waals surface area contributed by atoms with Crippen molar-refractivity contribution in [1.29, 1.82) is 0 Å². The molecular weight excluding hydrogens is 454 g/mol.